The van der Waals surface area contributed by atoms with Crippen molar-refractivity contribution >= 4 is 33.5 Å². The van der Waals surface area contributed by atoms with Gasteiger partial charge in [0.05, 0.1) is 16.6 Å². The predicted octanol–water partition coefficient (Wildman–Crippen LogP) is 3.36. The third-order valence-corrected chi connectivity index (χ3v) is 4.30. The molecule has 2 aromatic carbocycles. The van der Waals surface area contributed by atoms with E-state index in [-0.39, 0.29) is 5.91 Å². The number of aryl methyl sites for hydroxylation is 1. The van der Waals surface area contributed by atoms with E-state index in [2.05, 4.69) is 15.3 Å². The van der Waals surface area contributed by atoms with Gasteiger partial charge in [0, 0.05) is 29.8 Å². The van der Waals surface area contributed by atoms with Crippen LogP contribution in [0, 0.1) is 0 Å². The fourth-order valence-corrected chi connectivity index (χ4v) is 3.03. The monoisotopic (exact) mass is 334 g/mol. The number of nitrogens with zero attached hydrogens (tertiary/aromatic N) is 2. The lowest BCUT2D eigenvalue weighted by atomic mass is 10.1. The SMILES string of the molecule is CC(O)c1nc2ccc(NC(=O)c3cn(C)c4ccccc34)cc2[nH]1. The maximum Gasteiger partial charge on any atom is 0.257 e. The quantitative estimate of drug-likeness (QED) is 0.537. The number of H-pyrrole nitrogens is 1. The second-order valence-corrected chi connectivity index (χ2v) is 6.15. The third kappa shape index (κ3) is 2.66. The molecule has 2 heterocycles. The van der Waals surface area contributed by atoms with Gasteiger partial charge in [0.25, 0.3) is 5.91 Å². The number of para-hydroxylation sites is 1. The molecule has 4 rings (SSSR count). The van der Waals surface area contributed by atoms with E-state index >= 15 is 0 Å². The maximum absolute atomic E-state index is 12.7. The number of benzene rings is 2. The fourth-order valence-electron chi connectivity index (χ4n) is 3.03. The van der Waals surface area contributed by atoms with E-state index in [0.29, 0.717) is 17.1 Å². The largest absolute Gasteiger partial charge is 0.385 e. The first-order valence-corrected chi connectivity index (χ1v) is 8.06. The molecule has 0 aliphatic carbocycles. The molecule has 1 amide bonds. The van der Waals surface area contributed by atoms with Crippen molar-refractivity contribution in [2.24, 2.45) is 7.05 Å². The van der Waals surface area contributed by atoms with Gasteiger partial charge in [0.1, 0.15) is 11.9 Å². The summed E-state index contributed by atoms with van der Waals surface area (Å²) in [6.07, 6.45) is 1.17. The van der Waals surface area contributed by atoms with Crippen LogP contribution >= 0.6 is 0 Å². The van der Waals surface area contributed by atoms with E-state index in [4.69, 9.17) is 0 Å². The minimum absolute atomic E-state index is 0.161. The molecule has 1 unspecified atom stereocenters. The van der Waals surface area contributed by atoms with Crippen LogP contribution in [0.25, 0.3) is 21.9 Å². The second-order valence-electron chi connectivity index (χ2n) is 6.15. The zero-order chi connectivity index (χ0) is 17.6. The van der Waals surface area contributed by atoms with Crippen molar-refractivity contribution in [1.29, 1.82) is 0 Å². The molecule has 6 nitrogen and oxygen atoms in total. The molecule has 3 N–H and O–H groups in total. The number of anilines is 1. The molecule has 0 saturated carbocycles. The first kappa shape index (κ1) is 15.4. The molecule has 0 aliphatic heterocycles. The smallest absolute Gasteiger partial charge is 0.257 e. The number of carbonyl (C=O) groups excluding carboxylic acids is 1. The number of aliphatic hydroxyl groups excluding tert-OH is 1. The van der Waals surface area contributed by atoms with Crippen molar-refractivity contribution in [2.75, 3.05) is 5.32 Å². The molecule has 0 spiro atoms. The van der Waals surface area contributed by atoms with Gasteiger partial charge in [0.15, 0.2) is 0 Å². The van der Waals surface area contributed by atoms with Crippen molar-refractivity contribution in [3.8, 4) is 0 Å². The summed E-state index contributed by atoms with van der Waals surface area (Å²) in [5.41, 5.74) is 3.84. The number of hydrogen-bond acceptors (Lipinski definition) is 3. The van der Waals surface area contributed by atoms with Gasteiger partial charge >= 0.3 is 0 Å². The van der Waals surface area contributed by atoms with E-state index < -0.39 is 6.10 Å². The lowest BCUT2D eigenvalue weighted by Gasteiger charge is -2.04. The molecule has 0 aliphatic rings. The second kappa shape index (κ2) is 5.75. The summed E-state index contributed by atoms with van der Waals surface area (Å²) < 4.78 is 1.94. The van der Waals surface area contributed by atoms with Gasteiger partial charge in [-0.05, 0) is 31.2 Å². The molecular weight excluding hydrogens is 316 g/mol. The molecule has 4 aromatic rings. The molecule has 0 fully saturated rings. The summed E-state index contributed by atoms with van der Waals surface area (Å²) in [5.74, 6) is 0.346. The first-order chi connectivity index (χ1) is 12.0. The lowest BCUT2D eigenvalue weighted by Crippen LogP contribution is -2.11. The summed E-state index contributed by atoms with van der Waals surface area (Å²) in [4.78, 5) is 20.1. The highest BCUT2D eigenvalue weighted by Gasteiger charge is 2.14. The van der Waals surface area contributed by atoms with Crippen LogP contribution in [0.2, 0.25) is 0 Å². The standard InChI is InChI=1S/C19H18N4O2/c1-11(24)18-21-15-8-7-12(9-16(15)22-18)20-19(25)14-10-23(2)17-6-4-3-5-13(14)17/h3-11,24H,1-2H3,(H,20,25)(H,21,22). The van der Waals surface area contributed by atoms with E-state index in [9.17, 15) is 9.90 Å². The Bertz CT molecular complexity index is 1090. The van der Waals surface area contributed by atoms with Crippen LogP contribution in [-0.2, 0) is 7.05 Å². The third-order valence-electron chi connectivity index (χ3n) is 4.30. The Morgan fingerprint density at radius 1 is 1.28 bits per heavy atom. The number of rotatable bonds is 3. The Hall–Kier alpha value is -3.12. The number of nitrogens with one attached hydrogen (secondary N) is 2. The molecule has 0 bridgehead atoms. The Labute approximate surface area is 144 Å². The van der Waals surface area contributed by atoms with Gasteiger partial charge < -0.3 is 20.0 Å². The van der Waals surface area contributed by atoms with E-state index in [1.54, 1.807) is 13.0 Å². The Balaban J connectivity index is 1.67. The van der Waals surface area contributed by atoms with Gasteiger partial charge in [0.2, 0.25) is 0 Å². The Kier molecular flexibility index (Phi) is 3.54. The maximum atomic E-state index is 12.7. The summed E-state index contributed by atoms with van der Waals surface area (Å²) in [5, 5.41) is 13.5. The predicted molar refractivity (Wildman–Crippen MR) is 97.6 cm³/mol. The van der Waals surface area contributed by atoms with Gasteiger partial charge in [-0.25, -0.2) is 4.98 Å². The van der Waals surface area contributed by atoms with E-state index in [1.165, 1.54) is 0 Å². The lowest BCUT2D eigenvalue weighted by molar-refractivity contribution is 0.102. The van der Waals surface area contributed by atoms with E-state index in [0.717, 1.165) is 21.9 Å². The van der Waals surface area contributed by atoms with Crippen molar-refractivity contribution in [3.05, 3.63) is 60.0 Å². The first-order valence-electron chi connectivity index (χ1n) is 8.06. The average molecular weight is 334 g/mol. The van der Waals surface area contributed by atoms with Crippen LogP contribution in [0.1, 0.15) is 29.2 Å². The number of hydrogen-bond donors (Lipinski definition) is 3. The van der Waals surface area contributed by atoms with Crippen molar-refractivity contribution < 1.29 is 9.90 Å². The number of aliphatic hydroxyl groups is 1. The number of fused-ring (bicyclic) bond motifs is 2. The number of imidazole rings is 1. The topological polar surface area (TPSA) is 82.9 Å². The molecule has 6 heteroatoms. The molecule has 0 saturated heterocycles. The summed E-state index contributed by atoms with van der Waals surface area (Å²) in [6.45, 7) is 1.65. The summed E-state index contributed by atoms with van der Waals surface area (Å²) in [6, 6.07) is 13.2. The molecule has 25 heavy (non-hydrogen) atoms. The van der Waals surface area contributed by atoms with Crippen LogP contribution in [-0.4, -0.2) is 25.5 Å². The summed E-state index contributed by atoms with van der Waals surface area (Å²) >= 11 is 0. The Morgan fingerprint density at radius 3 is 2.88 bits per heavy atom. The van der Waals surface area contributed by atoms with E-state index in [1.807, 2.05) is 54.2 Å². The van der Waals surface area contributed by atoms with Gasteiger partial charge in [-0.3, -0.25) is 4.79 Å². The molecular formula is C19H18N4O2. The van der Waals surface area contributed by atoms with Crippen LogP contribution in [0.3, 0.4) is 0 Å². The molecule has 0 radical (unpaired) electrons. The van der Waals surface area contributed by atoms with Crippen molar-refractivity contribution in [2.45, 2.75) is 13.0 Å². The normalized spacial score (nSPS) is 12.6. The highest BCUT2D eigenvalue weighted by molar-refractivity contribution is 6.13. The number of carbonyl (C=O) groups is 1. The van der Waals surface area contributed by atoms with Crippen molar-refractivity contribution in [3.63, 3.8) is 0 Å². The van der Waals surface area contributed by atoms with Crippen LogP contribution in [0.15, 0.2) is 48.7 Å². The minimum atomic E-state index is -0.666. The number of aromatic amines is 1. The zero-order valence-electron chi connectivity index (χ0n) is 13.9. The Morgan fingerprint density at radius 2 is 2.08 bits per heavy atom. The minimum Gasteiger partial charge on any atom is -0.385 e. The highest BCUT2D eigenvalue weighted by Crippen LogP contribution is 2.23. The average Bonchev–Trinajstić information content (AvgIpc) is 3.16. The number of aromatic nitrogens is 3. The summed E-state index contributed by atoms with van der Waals surface area (Å²) in [7, 11) is 1.92. The van der Waals surface area contributed by atoms with Crippen LogP contribution < -0.4 is 5.32 Å². The van der Waals surface area contributed by atoms with Crippen LogP contribution in [0.5, 0.6) is 0 Å². The van der Waals surface area contributed by atoms with Crippen LogP contribution in [0.4, 0.5) is 5.69 Å². The number of amides is 1. The van der Waals surface area contributed by atoms with Crippen molar-refractivity contribution in [1.82, 2.24) is 14.5 Å². The molecule has 126 valence electrons. The van der Waals surface area contributed by atoms with Gasteiger partial charge in [-0.1, -0.05) is 18.2 Å². The van der Waals surface area contributed by atoms with Gasteiger partial charge in [-0.15, -0.1) is 0 Å². The fraction of sp³-hybridized carbons (Fsp3) is 0.158. The highest BCUT2D eigenvalue weighted by atomic mass is 16.3. The zero-order valence-corrected chi connectivity index (χ0v) is 13.9. The van der Waals surface area contributed by atoms with Gasteiger partial charge in [-0.2, -0.15) is 0 Å². The molecule has 1 atom stereocenters. The molecule has 2 aromatic heterocycles.